The van der Waals surface area contributed by atoms with Crippen LogP contribution in [0.2, 0.25) is 0 Å². The second-order valence-corrected chi connectivity index (χ2v) is 5.90. The highest BCUT2D eigenvalue weighted by atomic mass is 32.1. The Labute approximate surface area is 123 Å². The van der Waals surface area contributed by atoms with Gasteiger partial charge in [0.15, 0.2) is 0 Å². The molecule has 0 bridgehead atoms. The number of hydrogen-bond acceptors (Lipinski definition) is 3. The Hall–Kier alpha value is -2.21. The molecule has 0 radical (unpaired) electrons. The van der Waals surface area contributed by atoms with E-state index in [1.807, 2.05) is 6.92 Å². The number of aromatic nitrogens is 2. The maximum atomic E-state index is 13.2. The van der Waals surface area contributed by atoms with E-state index < -0.39 is 5.69 Å². The fourth-order valence-electron chi connectivity index (χ4n) is 2.23. The Morgan fingerprint density at radius 1 is 1.29 bits per heavy atom. The molecule has 0 saturated carbocycles. The summed E-state index contributed by atoms with van der Waals surface area (Å²) in [5.41, 5.74) is -0.233. The number of benzene rings is 1. The third-order valence-electron chi connectivity index (χ3n) is 3.30. The quantitative estimate of drug-likeness (QED) is 0.808. The van der Waals surface area contributed by atoms with Crippen LogP contribution in [-0.4, -0.2) is 9.55 Å². The van der Waals surface area contributed by atoms with E-state index >= 15 is 0 Å². The molecule has 0 spiro atoms. The number of aromatic amines is 1. The first kappa shape index (κ1) is 13.8. The average Bonchev–Trinajstić information content (AvgIpc) is 2.87. The molecule has 2 heterocycles. The van der Waals surface area contributed by atoms with Gasteiger partial charge in [-0.05, 0) is 30.2 Å². The van der Waals surface area contributed by atoms with Crippen LogP contribution < -0.4 is 11.2 Å². The molecule has 1 N–H and O–H groups in total. The first-order valence-electron chi connectivity index (χ1n) is 6.58. The van der Waals surface area contributed by atoms with Crippen molar-refractivity contribution in [3.63, 3.8) is 0 Å². The number of fused-ring (bicyclic) bond motifs is 1. The standard InChI is InChI=1S/C15H13FN2O2S/c1-2-11-7-12-13(21-11)17-15(20)18(14(12)19)8-9-4-3-5-10(16)6-9/h3-7H,2,8H2,1H3,(H,17,20). The summed E-state index contributed by atoms with van der Waals surface area (Å²) in [4.78, 5) is 28.8. The van der Waals surface area contributed by atoms with Gasteiger partial charge in [-0.3, -0.25) is 14.3 Å². The molecule has 4 nitrogen and oxygen atoms in total. The van der Waals surface area contributed by atoms with Gasteiger partial charge in [0.2, 0.25) is 0 Å². The molecule has 0 atom stereocenters. The van der Waals surface area contributed by atoms with Crippen molar-refractivity contribution in [1.82, 2.24) is 9.55 Å². The van der Waals surface area contributed by atoms with Gasteiger partial charge < -0.3 is 0 Å². The van der Waals surface area contributed by atoms with Crippen molar-refractivity contribution in [2.45, 2.75) is 19.9 Å². The van der Waals surface area contributed by atoms with Crippen LogP contribution in [0, 0.1) is 5.82 Å². The van der Waals surface area contributed by atoms with Crippen molar-refractivity contribution in [2.24, 2.45) is 0 Å². The highest BCUT2D eigenvalue weighted by molar-refractivity contribution is 7.18. The third-order valence-corrected chi connectivity index (χ3v) is 4.50. The minimum atomic E-state index is -0.471. The molecule has 1 aromatic carbocycles. The first-order valence-corrected chi connectivity index (χ1v) is 7.40. The third kappa shape index (κ3) is 2.54. The lowest BCUT2D eigenvalue weighted by molar-refractivity contribution is 0.621. The van der Waals surface area contributed by atoms with Crippen LogP contribution in [0.15, 0.2) is 39.9 Å². The zero-order chi connectivity index (χ0) is 15.0. The fraction of sp³-hybridized carbons (Fsp3) is 0.200. The Bertz CT molecular complexity index is 923. The SMILES string of the molecule is CCc1cc2c(=O)n(Cc3cccc(F)c3)c(=O)[nH]c2s1. The molecule has 21 heavy (non-hydrogen) atoms. The van der Waals surface area contributed by atoms with Gasteiger partial charge in [-0.15, -0.1) is 11.3 Å². The summed E-state index contributed by atoms with van der Waals surface area (Å²) in [5, 5.41) is 0.507. The number of thiophene rings is 1. The van der Waals surface area contributed by atoms with Crippen molar-refractivity contribution in [1.29, 1.82) is 0 Å². The predicted molar refractivity (Wildman–Crippen MR) is 81.6 cm³/mol. The maximum Gasteiger partial charge on any atom is 0.329 e. The van der Waals surface area contributed by atoms with E-state index in [1.165, 1.54) is 23.5 Å². The van der Waals surface area contributed by atoms with Crippen molar-refractivity contribution < 1.29 is 4.39 Å². The van der Waals surface area contributed by atoms with Gasteiger partial charge in [-0.1, -0.05) is 19.1 Å². The lowest BCUT2D eigenvalue weighted by Gasteiger charge is -2.05. The topological polar surface area (TPSA) is 54.9 Å². The van der Waals surface area contributed by atoms with Gasteiger partial charge in [-0.25, -0.2) is 9.18 Å². The van der Waals surface area contributed by atoms with Crippen molar-refractivity contribution in [2.75, 3.05) is 0 Å². The van der Waals surface area contributed by atoms with Gasteiger partial charge in [0.1, 0.15) is 10.6 Å². The van der Waals surface area contributed by atoms with Crippen LogP contribution in [0.3, 0.4) is 0 Å². The van der Waals surface area contributed by atoms with Crippen molar-refractivity contribution in [3.05, 3.63) is 67.4 Å². The van der Waals surface area contributed by atoms with Gasteiger partial charge in [0.05, 0.1) is 11.9 Å². The summed E-state index contributed by atoms with van der Waals surface area (Å²) in [7, 11) is 0. The molecule has 0 aliphatic carbocycles. The van der Waals surface area contributed by atoms with Gasteiger partial charge >= 0.3 is 5.69 Å². The number of hydrogen-bond donors (Lipinski definition) is 1. The van der Waals surface area contributed by atoms with E-state index in [2.05, 4.69) is 4.98 Å². The minimum absolute atomic E-state index is 0.0547. The molecule has 3 aromatic rings. The largest absolute Gasteiger partial charge is 0.329 e. The molecule has 0 aliphatic heterocycles. The molecule has 108 valence electrons. The second-order valence-electron chi connectivity index (χ2n) is 4.76. The van der Waals surface area contributed by atoms with Crippen LogP contribution in [0.5, 0.6) is 0 Å². The molecule has 0 amide bonds. The van der Waals surface area contributed by atoms with E-state index in [9.17, 15) is 14.0 Å². The number of rotatable bonds is 3. The summed E-state index contributed by atoms with van der Waals surface area (Å²) in [6, 6.07) is 7.69. The molecule has 3 rings (SSSR count). The van der Waals surface area contributed by atoms with Crippen LogP contribution in [-0.2, 0) is 13.0 Å². The molecule has 6 heteroatoms. The Kier molecular flexibility index (Phi) is 3.47. The monoisotopic (exact) mass is 304 g/mol. The second kappa shape index (κ2) is 5.29. The lowest BCUT2D eigenvalue weighted by atomic mass is 10.2. The number of aryl methyl sites for hydroxylation is 1. The minimum Gasteiger partial charge on any atom is -0.298 e. The Morgan fingerprint density at radius 2 is 2.10 bits per heavy atom. The van der Waals surface area contributed by atoms with Gasteiger partial charge in [0.25, 0.3) is 5.56 Å². The smallest absolute Gasteiger partial charge is 0.298 e. The predicted octanol–water partition coefficient (Wildman–Crippen LogP) is 2.50. The van der Waals surface area contributed by atoms with Gasteiger partial charge in [-0.2, -0.15) is 0 Å². The fourth-order valence-corrected chi connectivity index (χ4v) is 3.21. The summed E-state index contributed by atoms with van der Waals surface area (Å²) < 4.78 is 14.3. The van der Waals surface area contributed by atoms with Crippen molar-refractivity contribution >= 4 is 21.6 Å². The summed E-state index contributed by atoms with van der Waals surface area (Å²) in [5.74, 6) is -0.387. The van der Waals surface area contributed by atoms with Crippen LogP contribution in [0.4, 0.5) is 4.39 Å². The number of halogens is 1. The molecular weight excluding hydrogens is 291 g/mol. The van der Waals surface area contributed by atoms with Crippen LogP contribution in [0.25, 0.3) is 10.2 Å². The zero-order valence-corrected chi connectivity index (χ0v) is 12.2. The Morgan fingerprint density at radius 3 is 2.81 bits per heavy atom. The van der Waals surface area contributed by atoms with E-state index in [1.54, 1.807) is 18.2 Å². The van der Waals surface area contributed by atoms with Crippen molar-refractivity contribution in [3.8, 4) is 0 Å². The van der Waals surface area contributed by atoms with E-state index in [-0.39, 0.29) is 17.9 Å². The van der Waals surface area contributed by atoms with Crippen LogP contribution in [0.1, 0.15) is 17.4 Å². The molecule has 0 unspecified atom stereocenters. The first-order chi connectivity index (χ1) is 10.1. The lowest BCUT2D eigenvalue weighted by Crippen LogP contribution is -2.34. The van der Waals surface area contributed by atoms with Gasteiger partial charge in [0, 0.05) is 4.88 Å². The van der Waals surface area contributed by atoms with E-state index in [4.69, 9.17) is 0 Å². The average molecular weight is 304 g/mol. The van der Waals surface area contributed by atoms with Crippen LogP contribution >= 0.6 is 11.3 Å². The molecule has 0 saturated heterocycles. The summed E-state index contributed by atoms with van der Waals surface area (Å²) >= 11 is 1.41. The summed E-state index contributed by atoms with van der Waals surface area (Å²) in [6.07, 6.45) is 0.810. The summed E-state index contributed by atoms with van der Waals surface area (Å²) in [6.45, 7) is 2.05. The zero-order valence-electron chi connectivity index (χ0n) is 11.4. The maximum absolute atomic E-state index is 13.2. The normalized spacial score (nSPS) is 11.1. The number of nitrogens with one attached hydrogen (secondary N) is 1. The Balaban J connectivity index is 2.14. The highest BCUT2D eigenvalue weighted by Crippen LogP contribution is 2.20. The van der Waals surface area contributed by atoms with E-state index in [0.717, 1.165) is 15.9 Å². The molecule has 2 aromatic heterocycles. The molecule has 0 fully saturated rings. The van der Waals surface area contributed by atoms with E-state index in [0.29, 0.717) is 15.8 Å². The highest BCUT2D eigenvalue weighted by Gasteiger charge is 2.11. The number of nitrogens with zero attached hydrogens (tertiary/aromatic N) is 1. The molecular formula is C15H13FN2O2S. The number of H-pyrrole nitrogens is 1. The molecule has 0 aliphatic rings.